The van der Waals surface area contributed by atoms with Gasteiger partial charge < -0.3 is 5.32 Å². The van der Waals surface area contributed by atoms with Crippen molar-refractivity contribution in [2.75, 3.05) is 5.32 Å². The summed E-state index contributed by atoms with van der Waals surface area (Å²) in [7, 11) is 0. The van der Waals surface area contributed by atoms with Gasteiger partial charge in [0, 0.05) is 6.42 Å². The molecule has 2 rings (SSSR count). The Morgan fingerprint density at radius 2 is 2.18 bits per heavy atom. The molecule has 2 N–H and O–H groups in total. The third kappa shape index (κ3) is 2.77. The van der Waals surface area contributed by atoms with Gasteiger partial charge in [-0.15, -0.1) is 0 Å². The number of hydrogen-bond acceptors (Lipinski definition) is 3. The molecule has 4 nitrogen and oxygen atoms in total. The Labute approximate surface area is 104 Å². The zero-order chi connectivity index (χ0) is 12.4. The smallest absolute Gasteiger partial charge is 0.249 e. The molecule has 1 unspecified atom stereocenters. The van der Waals surface area contributed by atoms with Gasteiger partial charge in [-0.05, 0) is 31.0 Å². The Morgan fingerprint density at radius 1 is 1.41 bits per heavy atom. The molecule has 5 heteroatoms. The summed E-state index contributed by atoms with van der Waals surface area (Å²) >= 11 is 6.06. The first-order valence-corrected chi connectivity index (χ1v) is 5.80. The Balaban J connectivity index is 2.10. The molecular weight excluding hydrogens is 240 g/mol. The number of imide groups is 1. The van der Waals surface area contributed by atoms with Crippen molar-refractivity contribution in [3.05, 3.63) is 28.8 Å². The molecule has 0 saturated carbocycles. The van der Waals surface area contributed by atoms with E-state index < -0.39 is 6.04 Å². The van der Waals surface area contributed by atoms with E-state index in [4.69, 9.17) is 11.6 Å². The molecule has 0 aromatic heterocycles. The largest absolute Gasteiger partial charge is 0.372 e. The second-order valence-electron chi connectivity index (χ2n) is 4.13. The van der Waals surface area contributed by atoms with E-state index in [0.717, 1.165) is 5.56 Å². The van der Waals surface area contributed by atoms with Crippen molar-refractivity contribution in [3.8, 4) is 0 Å². The zero-order valence-corrected chi connectivity index (χ0v) is 10.2. The van der Waals surface area contributed by atoms with Crippen molar-refractivity contribution in [1.82, 2.24) is 5.32 Å². The minimum Gasteiger partial charge on any atom is -0.372 e. The summed E-state index contributed by atoms with van der Waals surface area (Å²) in [6, 6.07) is 5.19. The van der Waals surface area contributed by atoms with E-state index in [2.05, 4.69) is 10.6 Å². The fourth-order valence-electron chi connectivity index (χ4n) is 1.76. The van der Waals surface area contributed by atoms with Crippen molar-refractivity contribution < 1.29 is 9.59 Å². The van der Waals surface area contributed by atoms with Gasteiger partial charge >= 0.3 is 0 Å². The van der Waals surface area contributed by atoms with Crippen molar-refractivity contribution in [3.63, 3.8) is 0 Å². The summed E-state index contributed by atoms with van der Waals surface area (Å²) in [6.07, 6.45) is 0.849. The van der Waals surface area contributed by atoms with E-state index in [-0.39, 0.29) is 11.8 Å². The fourth-order valence-corrected chi connectivity index (χ4v) is 2.05. The van der Waals surface area contributed by atoms with Gasteiger partial charge in [-0.2, -0.15) is 0 Å². The summed E-state index contributed by atoms with van der Waals surface area (Å²) in [5.41, 5.74) is 1.77. The maximum absolute atomic E-state index is 11.5. The third-order valence-corrected chi connectivity index (χ3v) is 3.01. The van der Waals surface area contributed by atoms with Gasteiger partial charge in [-0.3, -0.25) is 14.9 Å². The average Bonchev–Trinajstić information content (AvgIpc) is 2.25. The molecule has 1 fully saturated rings. The van der Waals surface area contributed by atoms with Gasteiger partial charge in [-0.25, -0.2) is 0 Å². The van der Waals surface area contributed by atoms with Gasteiger partial charge in [0.15, 0.2) is 0 Å². The lowest BCUT2D eigenvalue weighted by atomic mass is 10.1. The van der Waals surface area contributed by atoms with E-state index in [1.165, 1.54) is 0 Å². The number of rotatable bonds is 2. The summed E-state index contributed by atoms with van der Waals surface area (Å²) < 4.78 is 0. The number of aryl methyl sites for hydroxylation is 1. The minimum absolute atomic E-state index is 0.219. The van der Waals surface area contributed by atoms with E-state index in [1.807, 2.05) is 25.1 Å². The topological polar surface area (TPSA) is 58.2 Å². The summed E-state index contributed by atoms with van der Waals surface area (Å²) in [6.45, 7) is 1.95. The predicted octanol–water partition coefficient (Wildman–Crippen LogP) is 1.87. The monoisotopic (exact) mass is 252 g/mol. The van der Waals surface area contributed by atoms with Crippen LogP contribution in [0.25, 0.3) is 0 Å². The molecule has 1 atom stereocenters. The minimum atomic E-state index is -0.395. The number of hydrogen-bond donors (Lipinski definition) is 2. The lowest BCUT2D eigenvalue weighted by Crippen LogP contribution is -2.47. The van der Waals surface area contributed by atoms with E-state index in [0.29, 0.717) is 23.6 Å². The highest BCUT2D eigenvalue weighted by molar-refractivity contribution is 6.33. The number of benzene rings is 1. The van der Waals surface area contributed by atoms with Crippen LogP contribution in [-0.4, -0.2) is 17.9 Å². The first kappa shape index (κ1) is 11.9. The van der Waals surface area contributed by atoms with Crippen LogP contribution in [-0.2, 0) is 9.59 Å². The number of nitrogens with one attached hydrogen (secondary N) is 2. The molecule has 2 amide bonds. The summed E-state index contributed by atoms with van der Waals surface area (Å²) in [5, 5.41) is 5.93. The molecule has 1 aromatic rings. The highest BCUT2D eigenvalue weighted by Gasteiger charge is 2.26. The highest BCUT2D eigenvalue weighted by atomic mass is 35.5. The Hall–Kier alpha value is -1.55. The van der Waals surface area contributed by atoms with Crippen LogP contribution in [0.3, 0.4) is 0 Å². The molecule has 1 aliphatic rings. The number of amides is 2. The Bertz CT molecular complexity index is 474. The van der Waals surface area contributed by atoms with Gasteiger partial charge in [-0.1, -0.05) is 17.7 Å². The lowest BCUT2D eigenvalue weighted by molar-refractivity contribution is -0.133. The Kier molecular flexibility index (Phi) is 3.33. The van der Waals surface area contributed by atoms with E-state index in [1.54, 1.807) is 0 Å². The zero-order valence-electron chi connectivity index (χ0n) is 9.42. The number of carbonyl (C=O) groups excluding carboxylic acids is 2. The standard InChI is InChI=1S/C12H13ClN2O2/c1-7-2-3-9(8(13)6-7)14-10-4-5-11(16)15-12(10)17/h2-3,6,10,14H,4-5H2,1H3,(H,15,16,17). The molecule has 1 saturated heterocycles. The number of carbonyl (C=O) groups is 2. The van der Waals surface area contributed by atoms with Crippen LogP contribution in [0.4, 0.5) is 5.69 Å². The molecule has 0 radical (unpaired) electrons. The van der Waals surface area contributed by atoms with Crippen LogP contribution in [0.5, 0.6) is 0 Å². The Morgan fingerprint density at radius 3 is 2.82 bits per heavy atom. The van der Waals surface area contributed by atoms with E-state index in [9.17, 15) is 9.59 Å². The van der Waals surface area contributed by atoms with Crippen LogP contribution in [0.15, 0.2) is 18.2 Å². The lowest BCUT2D eigenvalue weighted by Gasteiger charge is -2.23. The second kappa shape index (κ2) is 4.75. The fraction of sp³-hybridized carbons (Fsp3) is 0.333. The highest BCUT2D eigenvalue weighted by Crippen LogP contribution is 2.24. The van der Waals surface area contributed by atoms with Crippen LogP contribution in [0, 0.1) is 6.92 Å². The van der Waals surface area contributed by atoms with Crippen molar-refractivity contribution in [2.24, 2.45) is 0 Å². The maximum atomic E-state index is 11.5. The van der Waals surface area contributed by atoms with Crippen molar-refractivity contribution in [2.45, 2.75) is 25.8 Å². The van der Waals surface area contributed by atoms with Gasteiger partial charge in [0.25, 0.3) is 0 Å². The SMILES string of the molecule is Cc1ccc(NC2CCC(=O)NC2=O)c(Cl)c1. The molecular formula is C12H13ClN2O2. The molecule has 1 heterocycles. The second-order valence-corrected chi connectivity index (χ2v) is 4.54. The summed E-state index contributed by atoms with van der Waals surface area (Å²) in [4.78, 5) is 22.5. The molecule has 90 valence electrons. The maximum Gasteiger partial charge on any atom is 0.249 e. The van der Waals surface area contributed by atoms with Gasteiger partial charge in [0.05, 0.1) is 10.7 Å². The van der Waals surface area contributed by atoms with Crippen LogP contribution < -0.4 is 10.6 Å². The van der Waals surface area contributed by atoms with E-state index >= 15 is 0 Å². The van der Waals surface area contributed by atoms with Crippen LogP contribution >= 0.6 is 11.6 Å². The predicted molar refractivity (Wildman–Crippen MR) is 66.0 cm³/mol. The normalized spacial score (nSPS) is 20.0. The van der Waals surface area contributed by atoms with Crippen LogP contribution in [0.2, 0.25) is 5.02 Å². The number of piperidine rings is 1. The molecule has 17 heavy (non-hydrogen) atoms. The average molecular weight is 253 g/mol. The quantitative estimate of drug-likeness (QED) is 0.790. The van der Waals surface area contributed by atoms with Gasteiger partial charge in [0.2, 0.25) is 11.8 Å². The number of halogens is 1. The van der Waals surface area contributed by atoms with Crippen molar-refractivity contribution in [1.29, 1.82) is 0 Å². The molecule has 0 aliphatic carbocycles. The molecule has 0 bridgehead atoms. The van der Waals surface area contributed by atoms with Gasteiger partial charge in [0.1, 0.15) is 6.04 Å². The van der Waals surface area contributed by atoms with Crippen LogP contribution in [0.1, 0.15) is 18.4 Å². The molecule has 1 aromatic carbocycles. The van der Waals surface area contributed by atoms with Crippen molar-refractivity contribution >= 4 is 29.1 Å². The summed E-state index contributed by atoms with van der Waals surface area (Å²) in [5.74, 6) is -0.513. The third-order valence-electron chi connectivity index (χ3n) is 2.69. The number of anilines is 1. The molecule has 1 aliphatic heterocycles. The molecule has 0 spiro atoms. The first-order valence-electron chi connectivity index (χ1n) is 5.42. The first-order chi connectivity index (χ1) is 8.06.